The molecule has 9 heteroatoms. The number of ether oxygens (including phenoxy) is 3. The highest BCUT2D eigenvalue weighted by molar-refractivity contribution is 5.91. The molecule has 2 atom stereocenters. The van der Waals surface area contributed by atoms with Crippen molar-refractivity contribution in [2.45, 2.75) is 70.0 Å². The van der Waals surface area contributed by atoms with Crippen LogP contribution in [0.3, 0.4) is 0 Å². The molecule has 2 amide bonds. The molecule has 1 heterocycles. The smallest absolute Gasteiger partial charge is 0.326 e. The second-order valence-electron chi connectivity index (χ2n) is 13.5. The topological polar surface area (TPSA) is 114 Å². The van der Waals surface area contributed by atoms with E-state index < -0.39 is 24.0 Å². The van der Waals surface area contributed by atoms with Gasteiger partial charge < -0.3 is 29.5 Å². The van der Waals surface area contributed by atoms with Crippen LogP contribution in [0.1, 0.15) is 54.4 Å². The van der Waals surface area contributed by atoms with Gasteiger partial charge in [0.25, 0.3) is 0 Å². The third-order valence-corrected chi connectivity index (χ3v) is 10.1. The van der Waals surface area contributed by atoms with E-state index in [9.17, 15) is 19.5 Å². The van der Waals surface area contributed by atoms with Crippen LogP contribution in [0.15, 0.2) is 91.0 Å². The summed E-state index contributed by atoms with van der Waals surface area (Å²) in [5.41, 5.74) is 5.81. The van der Waals surface area contributed by atoms with Gasteiger partial charge in [0.2, 0.25) is 11.8 Å². The number of hydrogen-bond acceptors (Lipinski definition) is 6. The first-order chi connectivity index (χ1) is 24.8. The number of nitrogens with one attached hydrogen (secondary N) is 1. The normalized spacial score (nSPS) is 16.2. The number of fused-ring (bicyclic) bond motifs is 1. The van der Waals surface area contributed by atoms with Gasteiger partial charge in [-0.1, -0.05) is 79.6 Å². The molecule has 1 aliphatic carbocycles. The molecule has 266 valence electrons. The zero-order chi connectivity index (χ0) is 35.7. The van der Waals surface area contributed by atoms with E-state index in [1.54, 1.807) is 19.1 Å². The van der Waals surface area contributed by atoms with E-state index in [0.29, 0.717) is 49.0 Å². The van der Waals surface area contributed by atoms with Crippen LogP contribution >= 0.6 is 0 Å². The maximum absolute atomic E-state index is 13.9. The molecule has 2 N–H and O–H groups in total. The van der Waals surface area contributed by atoms with Crippen LogP contribution in [0.4, 0.5) is 0 Å². The van der Waals surface area contributed by atoms with Crippen LogP contribution in [0.2, 0.25) is 0 Å². The number of nitrogens with zero attached hydrogens (tertiary/aromatic N) is 1. The molecule has 1 unspecified atom stereocenters. The fourth-order valence-electron chi connectivity index (χ4n) is 7.22. The van der Waals surface area contributed by atoms with Gasteiger partial charge in [-0.15, -0.1) is 0 Å². The Morgan fingerprint density at radius 2 is 1.53 bits per heavy atom. The first-order valence-electron chi connectivity index (χ1n) is 17.7. The van der Waals surface area contributed by atoms with Crippen molar-refractivity contribution in [2.24, 2.45) is 5.92 Å². The van der Waals surface area contributed by atoms with Gasteiger partial charge in [-0.2, -0.15) is 0 Å². The van der Waals surface area contributed by atoms with E-state index >= 15 is 0 Å². The number of amides is 2. The molecule has 0 aromatic heterocycles. The second kappa shape index (κ2) is 16.6. The van der Waals surface area contributed by atoms with E-state index in [2.05, 4.69) is 5.32 Å². The van der Waals surface area contributed by atoms with Gasteiger partial charge in [0.15, 0.2) is 11.5 Å². The largest absolute Gasteiger partial charge is 0.493 e. The van der Waals surface area contributed by atoms with Crippen LogP contribution in [-0.2, 0) is 40.2 Å². The van der Waals surface area contributed by atoms with Gasteiger partial charge in [0.05, 0.1) is 20.8 Å². The van der Waals surface area contributed by atoms with Crippen LogP contribution in [0, 0.1) is 5.92 Å². The molecule has 0 bridgehead atoms. The third-order valence-electron chi connectivity index (χ3n) is 10.1. The summed E-state index contributed by atoms with van der Waals surface area (Å²) in [5, 5.41) is 12.9. The number of carbonyl (C=O) groups excluding carboxylic acids is 2. The van der Waals surface area contributed by atoms with Gasteiger partial charge in [-0.25, -0.2) is 4.79 Å². The van der Waals surface area contributed by atoms with Gasteiger partial charge >= 0.3 is 5.97 Å². The molecule has 1 aliphatic heterocycles. The monoisotopic (exact) mass is 690 g/mol. The second-order valence-corrected chi connectivity index (χ2v) is 13.5. The molecule has 2 aliphatic rings. The van der Waals surface area contributed by atoms with Crippen LogP contribution in [0.25, 0.3) is 11.1 Å². The van der Waals surface area contributed by atoms with Gasteiger partial charge in [0.1, 0.15) is 17.8 Å². The van der Waals surface area contributed by atoms with Gasteiger partial charge in [0, 0.05) is 32.2 Å². The minimum absolute atomic E-state index is 0.0733. The molecule has 6 rings (SSSR count). The Kier molecular flexibility index (Phi) is 11.6. The maximum Gasteiger partial charge on any atom is 0.326 e. The lowest BCUT2D eigenvalue weighted by Gasteiger charge is -2.37. The maximum atomic E-state index is 13.9. The Bertz CT molecular complexity index is 1820. The van der Waals surface area contributed by atoms with Crippen molar-refractivity contribution in [3.8, 4) is 28.4 Å². The molecule has 0 radical (unpaired) electrons. The summed E-state index contributed by atoms with van der Waals surface area (Å²) in [5.74, 6) is 0.675. The number of benzene rings is 4. The van der Waals surface area contributed by atoms with Crippen molar-refractivity contribution in [1.29, 1.82) is 0 Å². The summed E-state index contributed by atoms with van der Waals surface area (Å²) in [7, 11) is 3.21. The predicted octanol–water partition coefficient (Wildman–Crippen LogP) is 6.64. The minimum atomic E-state index is -1.14. The van der Waals surface area contributed by atoms with E-state index in [4.69, 9.17) is 14.2 Å². The molecular formula is C42H46N2O7. The Balaban J connectivity index is 1.15. The summed E-state index contributed by atoms with van der Waals surface area (Å²) in [6, 6.07) is 27.3. The first kappa shape index (κ1) is 35.5. The zero-order valence-corrected chi connectivity index (χ0v) is 29.3. The highest BCUT2D eigenvalue weighted by Crippen LogP contribution is 2.33. The predicted molar refractivity (Wildman–Crippen MR) is 195 cm³/mol. The Morgan fingerprint density at radius 3 is 2.24 bits per heavy atom. The summed E-state index contributed by atoms with van der Waals surface area (Å²) in [4.78, 5) is 41.8. The molecule has 4 aromatic carbocycles. The highest BCUT2D eigenvalue weighted by atomic mass is 16.5. The molecule has 9 nitrogen and oxygen atoms in total. The first-order valence-corrected chi connectivity index (χ1v) is 17.7. The summed E-state index contributed by atoms with van der Waals surface area (Å²) >= 11 is 0. The standard InChI is InChI=1S/C42H46N2O7/c1-49-38-19-14-30(23-39(38)50-2)20-21-51-35-18-17-33-26-37(44(27-34(33)25-35)40(45)24-28-8-6-7-9-28)41(46)43-36(42(47)48)22-29-12-15-32(16-13-29)31-10-4-3-5-11-31/h3-5,10-19,23,25,28,36-37H,6-9,20-22,24,26-27H2,1-2H3,(H,43,46)(H,47,48)/t36?,37-/m0/s1. The van der Waals surface area contributed by atoms with Crippen molar-refractivity contribution in [1.82, 2.24) is 10.2 Å². The SMILES string of the molecule is COc1ccc(CCOc2ccc3c(c2)CN(C(=O)CC2CCCC2)[C@H](C(=O)NC(Cc2ccc(-c4ccccc4)cc2)C(=O)O)C3)cc1OC. The van der Waals surface area contributed by atoms with E-state index in [0.717, 1.165) is 59.1 Å². The summed E-state index contributed by atoms with van der Waals surface area (Å²) in [6.45, 7) is 0.694. The molecule has 0 saturated heterocycles. The number of carboxylic acid groups (broad SMARTS) is 1. The van der Waals surface area contributed by atoms with Crippen LogP contribution in [-0.4, -0.2) is 60.7 Å². The lowest BCUT2D eigenvalue weighted by molar-refractivity contribution is -0.145. The van der Waals surface area contributed by atoms with Crippen molar-refractivity contribution in [2.75, 3.05) is 20.8 Å². The molecular weight excluding hydrogens is 644 g/mol. The average Bonchev–Trinajstić information content (AvgIpc) is 3.67. The Morgan fingerprint density at radius 1 is 0.824 bits per heavy atom. The number of methoxy groups -OCH3 is 2. The fraction of sp³-hybridized carbons (Fsp3) is 0.357. The third kappa shape index (κ3) is 8.89. The Labute approximate surface area is 299 Å². The molecule has 1 saturated carbocycles. The van der Waals surface area contributed by atoms with Gasteiger partial charge in [-0.05, 0) is 76.4 Å². The summed E-state index contributed by atoms with van der Waals surface area (Å²) in [6.07, 6.45) is 5.71. The fourth-order valence-corrected chi connectivity index (χ4v) is 7.22. The molecule has 1 fully saturated rings. The number of rotatable bonds is 14. The number of carboxylic acids is 1. The quantitative estimate of drug-likeness (QED) is 0.153. The van der Waals surface area contributed by atoms with Crippen molar-refractivity contribution < 1.29 is 33.7 Å². The summed E-state index contributed by atoms with van der Waals surface area (Å²) < 4.78 is 16.9. The van der Waals surface area contributed by atoms with Crippen molar-refractivity contribution >= 4 is 17.8 Å². The lowest BCUT2D eigenvalue weighted by atomic mass is 9.91. The van der Waals surface area contributed by atoms with Gasteiger partial charge in [-0.3, -0.25) is 9.59 Å². The zero-order valence-electron chi connectivity index (χ0n) is 29.3. The van der Waals surface area contributed by atoms with E-state index in [1.807, 2.05) is 91.0 Å². The van der Waals surface area contributed by atoms with Crippen LogP contribution < -0.4 is 19.5 Å². The van der Waals surface area contributed by atoms with Crippen LogP contribution in [0.5, 0.6) is 17.2 Å². The highest BCUT2D eigenvalue weighted by Gasteiger charge is 2.37. The average molecular weight is 691 g/mol. The molecule has 4 aromatic rings. The van der Waals surface area contributed by atoms with E-state index in [-0.39, 0.29) is 18.9 Å². The minimum Gasteiger partial charge on any atom is -0.493 e. The Hall–Kier alpha value is -5.31. The number of carbonyl (C=O) groups is 3. The molecule has 51 heavy (non-hydrogen) atoms. The molecule has 0 spiro atoms. The van der Waals surface area contributed by atoms with E-state index in [1.165, 1.54) is 0 Å². The lowest BCUT2D eigenvalue weighted by Crippen LogP contribution is -2.56. The number of hydrogen-bond donors (Lipinski definition) is 2. The van der Waals surface area contributed by atoms with Crippen molar-refractivity contribution in [3.05, 3.63) is 113 Å². The van der Waals surface area contributed by atoms with Crippen molar-refractivity contribution in [3.63, 3.8) is 0 Å². The number of aliphatic carboxylic acids is 1.